The highest BCUT2D eigenvalue weighted by molar-refractivity contribution is 5.38. The van der Waals surface area contributed by atoms with E-state index in [1.165, 1.54) is 18.2 Å². The Morgan fingerprint density at radius 3 is 2.53 bits per heavy atom. The second-order valence-corrected chi connectivity index (χ2v) is 2.84. The number of halogens is 3. The molecule has 1 rings (SSSR count). The lowest BCUT2D eigenvalue weighted by atomic mass is 10.0. The molecule has 0 saturated heterocycles. The van der Waals surface area contributed by atoms with Crippen LogP contribution in [0, 0.1) is 0 Å². The SMILES string of the molecule is O=[C]OCCc1ccccc1C(F)(F)F. The van der Waals surface area contributed by atoms with Gasteiger partial charge < -0.3 is 4.74 Å². The van der Waals surface area contributed by atoms with Gasteiger partial charge in [-0.1, -0.05) is 18.2 Å². The maximum atomic E-state index is 12.4. The summed E-state index contributed by atoms with van der Waals surface area (Å²) in [6.45, 7) is 1.06. The molecule has 0 aliphatic carbocycles. The van der Waals surface area contributed by atoms with E-state index in [4.69, 9.17) is 0 Å². The highest BCUT2D eigenvalue weighted by atomic mass is 19.4. The van der Waals surface area contributed by atoms with Gasteiger partial charge in [0, 0.05) is 6.42 Å². The van der Waals surface area contributed by atoms with Crippen LogP contribution in [-0.2, 0) is 22.1 Å². The molecule has 0 saturated carbocycles. The minimum Gasteiger partial charge on any atom is -0.457 e. The van der Waals surface area contributed by atoms with Gasteiger partial charge in [0.05, 0.1) is 12.2 Å². The van der Waals surface area contributed by atoms with E-state index < -0.39 is 11.7 Å². The summed E-state index contributed by atoms with van der Waals surface area (Å²) in [5.74, 6) is 0. The van der Waals surface area contributed by atoms with E-state index in [0.717, 1.165) is 12.5 Å². The lowest BCUT2D eigenvalue weighted by Crippen LogP contribution is -2.10. The van der Waals surface area contributed by atoms with E-state index in [1.807, 2.05) is 0 Å². The zero-order chi connectivity index (χ0) is 11.3. The molecule has 5 heteroatoms. The van der Waals surface area contributed by atoms with Crippen LogP contribution in [0.2, 0.25) is 0 Å². The summed E-state index contributed by atoms with van der Waals surface area (Å²) in [6.07, 6.45) is -4.34. The van der Waals surface area contributed by atoms with Crippen LogP contribution in [0.25, 0.3) is 0 Å². The number of alkyl halides is 3. The molecule has 1 aromatic rings. The first-order chi connectivity index (χ1) is 7.05. The lowest BCUT2D eigenvalue weighted by Gasteiger charge is -2.11. The predicted molar refractivity (Wildman–Crippen MR) is 46.8 cm³/mol. The maximum absolute atomic E-state index is 12.4. The molecule has 1 radical (unpaired) electrons. The van der Waals surface area contributed by atoms with Crippen LogP contribution >= 0.6 is 0 Å². The van der Waals surface area contributed by atoms with E-state index in [2.05, 4.69) is 4.74 Å². The molecule has 0 bridgehead atoms. The van der Waals surface area contributed by atoms with Gasteiger partial charge in [-0.3, -0.25) is 0 Å². The van der Waals surface area contributed by atoms with Crippen LogP contribution in [0.4, 0.5) is 13.2 Å². The third-order valence-corrected chi connectivity index (χ3v) is 1.86. The molecule has 1 aromatic carbocycles. The van der Waals surface area contributed by atoms with Gasteiger partial charge in [-0.05, 0) is 11.6 Å². The van der Waals surface area contributed by atoms with Crippen LogP contribution in [-0.4, -0.2) is 13.1 Å². The molecule has 0 amide bonds. The number of ether oxygens (including phenoxy) is 1. The minimum atomic E-state index is -4.37. The van der Waals surface area contributed by atoms with Gasteiger partial charge in [0.25, 0.3) is 0 Å². The maximum Gasteiger partial charge on any atom is 0.417 e. The summed E-state index contributed by atoms with van der Waals surface area (Å²) in [4.78, 5) is 9.71. The average Bonchev–Trinajstić information content (AvgIpc) is 2.17. The molecule has 2 nitrogen and oxygen atoms in total. The van der Waals surface area contributed by atoms with Crippen molar-refractivity contribution in [2.45, 2.75) is 12.6 Å². The number of hydrogen-bond donors (Lipinski definition) is 0. The van der Waals surface area contributed by atoms with Gasteiger partial charge in [-0.25, -0.2) is 4.79 Å². The fourth-order valence-electron chi connectivity index (χ4n) is 1.22. The fraction of sp³-hybridized carbons (Fsp3) is 0.300. The summed E-state index contributed by atoms with van der Waals surface area (Å²) < 4.78 is 41.6. The zero-order valence-corrected chi connectivity index (χ0v) is 7.67. The van der Waals surface area contributed by atoms with E-state index in [1.54, 1.807) is 0 Å². The third-order valence-electron chi connectivity index (χ3n) is 1.86. The Hall–Kier alpha value is -1.52. The number of rotatable bonds is 4. The van der Waals surface area contributed by atoms with Crippen LogP contribution in [0.15, 0.2) is 24.3 Å². The Labute approximate surface area is 84.7 Å². The molecule has 0 aliphatic heterocycles. The fourth-order valence-corrected chi connectivity index (χ4v) is 1.22. The van der Waals surface area contributed by atoms with Gasteiger partial charge >= 0.3 is 12.6 Å². The summed E-state index contributed by atoms with van der Waals surface area (Å²) in [7, 11) is 0. The average molecular weight is 217 g/mol. The summed E-state index contributed by atoms with van der Waals surface area (Å²) in [5, 5.41) is 0. The Morgan fingerprint density at radius 1 is 1.27 bits per heavy atom. The normalized spacial score (nSPS) is 11.1. The lowest BCUT2D eigenvalue weighted by molar-refractivity contribution is -0.138. The van der Waals surface area contributed by atoms with Crippen molar-refractivity contribution in [3.05, 3.63) is 35.4 Å². The Balaban J connectivity index is 2.82. The zero-order valence-electron chi connectivity index (χ0n) is 7.67. The van der Waals surface area contributed by atoms with Crippen molar-refractivity contribution in [1.29, 1.82) is 0 Å². The third kappa shape index (κ3) is 3.27. The topological polar surface area (TPSA) is 26.3 Å². The van der Waals surface area contributed by atoms with Crippen molar-refractivity contribution in [3.63, 3.8) is 0 Å². The van der Waals surface area contributed by atoms with Gasteiger partial charge in [0.2, 0.25) is 0 Å². The smallest absolute Gasteiger partial charge is 0.417 e. The molecule has 0 spiro atoms. The van der Waals surface area contributed by atoms with Crippen molar-refractivity contribution >= 4 is 6.47 Å². The van der Waals surface area contributed by atoms with Crippen molar-refractivity contribution in [2.75, 3.05) is 6.61 Å². The molecule has 0 heterocycles. The Morgan fingerprint density at radius 2 is 1.93 bits per heavy atom. The van der Waals surface area contributed by atoms with Gasteiger partial charge in [-0.2, -0.15) is 13.2 Å². The van der Waals surface area contributed by atoms with Gasteiger partial charge in [0.1, 0.15) is 0 Å². The predicted octanol–water partition coefficient (Wildman–Crippen LogP) is 2.33. The molecular weight excluding hydrogens is 209 g/mol. The highest BCUT2D eigenvalue weighted by Crippen LogP contribution is 2.31. The van der Waals surface area contributed by atoms with Crippen molar-refractivity contribution in [2.24, 2.45) is 0 Å². The second kappa shape index (κ2) is 4.82. The summed E-state index contributed by atoms with van der Waals surface area (Å²) in [5.41, 5.74) is -0.584. The molecule has 15 heavy (non-hydrogen) atoms. The molecule has 0 unspecified atom stereocenters. The summed E-state index contributed by atoms with van der Waals surface area (Å²) >= 11 is 0. The number of hydrogen-bond acceptors (Lipinski definition) is 2. The molecule has 0 aliphatic rings. The molecule has 81 valence electrons. The van der Waals surface area contributed by atoms with E-state index >= 15 is 0 Å². The Kier molecular flexibility index (Phi) is 3.71. The minimum absolute atomic E-state index is 0.0327. The van der Waals surface area contributed by atoms with E-state index in [9.17, 15) is 18.0 Å². The van der Waals surface area contributed by atoms with Crippen LogP contribution in [0.3, 0.4) is 0 Å². The van der Waals surface area contributed by atoms with Crippen molar-refractivity contribution in [3.8, 4) is 0 Å². The number of carbonyl (C=O) groups excluding carboxylic acids is 1. The first-order valence-electron chi connectivity index (χ1n) is 4.19. The van der Waals surface area contributed by atoms with Crippen LogP contribution in [0.5, 0.6) is 0 Å². The van der Waals surface area contributed by atoms with Crippen molar-refractivity contribution in [1.82, 2.24) is 0 Å². The first-order valence-corrected chi connectivity index (χ1v) is 4.19. The van der Waals surface area contributed by atoms with Crippen LogP contribution < -0.4 is 0 Å². The van der Waals surface area contributed by atoms with Gasteiger partial charge in [0.15, 0.2) is 0 Å². The highest BCUT2D eigenvalue weighted by Gasteiger charge is 2.32. The summed E-state index contributed by atoms with van der Waals surface area (Å²) in [6, 6.07) is 5.19. The molecule has 0 aromatic heterocycles. The molecule has 0 atom stereocenters. The standard InChI is InChI=1S/C10H8F3O2/c11-10(12,13)9-4-2-1-3-8(9)5-6-15-7-14/h1-4H,5-6H2. The quantitative estimate of drug-likeness (QED) is 0.723. The Bertz CT molecular complexity index is 334. The molecular formula is C10H8F3O2. The van der Waals surface area contributed by atoms with E-state index in [0.29, 0.717) is 0 Å². The first kappa shape index (κ1) is 11.6. The molecule has 0 fully saturated rings. The largest absolute Gasteiger partial charge is 0.457 e. The van der Waals surface area contributed by atoms with E-state index in [-0.39, 0.29) is 18.6 Å². The second-order valence-electron chi connectivity index (χ2n) is 2.84. The number of benzene rings is 1. The van der Waals surface area contributed by atoms with Crippen LogP contribution in [0.1, 0.15) is 11.1 Å². The molecule has 0 N–H and O–H groups in total. The van der Waals surface area contributed by atoms with Crippen molar-refractivity contribution < 1.29 is 22.7 Å². The van der Waals surface area contributed by atoms with Gasteiger partial charge in [-0.15, -0.1) is 0 Å². The monoisotopic (exact) mass is 217 g/mol.